The maximum atomic E-state index is 10.4. The monoisotopic (exact) mass is 331 g/mol. The van der Waals surface area contributed by atoms with Crippen LogP contribution in [0.15, 0.2) is 48.5 Å². The van der Waals surface area contributed by atoms with Crippen molar-refractivity contribution >= 4 is 11.6 Å². The first-order chi connectivity index (χ1) is 11.2. The topological polar surface area (TPSA) is 32.7 Å². The Labute approximate surface area is 142 Å². The number of aliphatic hydroxyl groups excluding tert-OH is 1. The molecule has 0 radical (unpaired) electrons. The number of hydrogen-bond acceptors (Lipinski definition) is 3. The van der Waals surface area contributed by atoms with Crippen molar-refractivity contribution in [3.8, 4) is 5.75 Å². The van der Waals surface area contributed by atoms with E-state index in [9.17, 15) is 5.11 Å². The fourth-order valence-electron chi connectivity index (χ4n) is 3.29. The summed E-state index contributed by atoms with van der Waals surface area (Å²) < 4.78 is 5.47. The first-order valence-corrected chi connectivity index (χ1v) is 8.34. The minimum atomic E-state index is -0.483. The van der Waals surface area contributed by atoms with Crippen LogP contribution in [0, 0.1) is 0 Å². The summed E-state index contributed by atoms with van der Waals surface area (Å²) in [5.74, 6) is 1.42. The van der Waals surface area contributed by atoms with E-state index in [4.69, 9.17) is 16.3 Å². The standard InChI is InChI=1S/C19H22ClNO2/c1-23-19-5-3-2-4-17(19)15-10-11-21(12-15)13-18(22)14-6-8-16(20)9-7-14/h2-9,15,18,22H,10-13H2,1H3. The van der Waals surface area contributed by atoms with E-state index >= 15 is 0 Å². The van der Waals surface area contributed by atoms with E-state index in [1.165, 1.54) is 5.56 Å². The lowest BCUT2D eigenvalue weighted by Crippen LogP contribution is -2.26. The Morgan fingerprint density at radius 1 is 1.22 bits per heavy atom. The summed E-state index contributed by atoms with van der Waals surface area (Å²) in [7, 11) is 1.72. The van der Waals surface area contributed by atoms with Gasteiger partial charge in [-0.3, -0.25) is 4.90 Å². The predicted molar refractivity (Wildman–Crippen MR) is 93.2 cm³/mol. The Kier molecular flexibility index (Phi) is 5.21. The Bertz CT molecular complexity index is 644. The zero-order chi connectivity index (χ0) is 16.2. The summed E-state index contributed by atoms with van der Waals surface area (Å²) in [6.07, 6.45) is 0.608. The lowest BCUT2D eigenvalue weighted by molar-refractivity contribution is 0.125. The molecule has 2 atom stereocenters. The zero-order valence-electron chi connectivity index (χ0n) is 13.3. The fourth-order valence-corrected chi connectivity index (χ4v) is 3.42. The van der Waals surface area contributed by atoms with Gasteiger partial charge in [-0.1, -0.05) is 41.9 Å². The average Bonchev–Trinajstić information content (AvgIpc) is 3.03. The molecule has 0 bridgehead atoms. The summed E-state index contributed by atoms with van der Waals surface area (Å²) in [5, 5.41) is 11.1. The second-order valence-electron chi connectivity index (χ2n) is 6.05. The molecule has 1 aliphatic heterocycles. The highest BCUT2D eigenvalue weighted by atomic mass is 35.5. The van der Waals surface area contributed by atoms with Gasteiger partial charge in [0.05, 0.1) is 13.2 Å². The molecule has 1 N–H and O–H groups in total. The number of methoxy groups -OCH3 is 1. The molecule has 0 aromatic heterocycles. The summed E-state index contributed by atoms with van der Waals surface area (Å²) in [5.41, 5.74) is 2.17. The predicted octanol–water partition coefficient (Wildman–Crippen LogP) is 3.87. The molecule has 2 unspecified atom stereocenters. The number of rotatable bonds is 5. The Hall–Kier alpha value is -1.55. The summed E-state index contributed by atoms with van der Waals surface area (Å²) in [6, 6.07) is 15.6. The number of benzene rings is 2. The largest absolute Gasteiger partial charge is 0.496 e. The van der Waals surface area contributed by atoms with Gasteiger partial charge < -0.3 is 9.84 Å². The van der Waals surface area contributed by atoms with Gasteiger partial charge in [0.25, 0.3) is 0 Å². The van der Waals surface area contributed by atoms with Gasteiger partial charge in [-0.25, -0.2) is 0 Å². The highest BCUT2D eigenvalue weighted by Crippen LogP contribution is 2.34. The summed E-state index contributed by atoms with van der Waals surface area (Å²) in [4.78, 5) is 2.32. The fraction of sp³-hybridized carbons (Fsp3) is 0.368. The number of nitrogens with zero attached hydrogens (tertiary/aromatic N) is 1. The highest BCUT2D eigenvalue weighted by Gasteiger charge is 2.27. The molecular formula is C19H22ClNO2. The van der Waals surface area contributed by atoms with E-state index in [-0.39, 0.29) is 0 Å². The number of para-hydroxylation sites is 1. The Morgan fingerprint density at radius 3 is 2.70 bits per heavy atom. The van der Waals surface area contributed by atoms with Crippen LogP contribution in [0.2, 0.25) is 5.02 Å². The van der Waals surface area contributed by atoms with Gasteiger partial charge in [-0.2, -0.15) is 0 Å². The number of halogens is 1. The SMILES string of the molecule is COc1ccccc1C1CCN(CC(O)c2ccc(Cl)cc2)C1. The molecule has 0 saturated carbocycles. The number of hydrogen-bond donors (Lipinski definition) is 1. The van der Waals surface area contributed by atoms with Crippen molar-refractivity contribution in [1.29, 1.82) is 0 Å². The molecule has 23 heavy (non-hydrogen) atoms. The Balaban J connectivity index is 1.62. The smallest absolute Gasteiger partial charge is 0.122 e. The molecule has 1 aliphatic rings. The van der Waals surface area contributed by atoms with Gasteiger partial charge in [0.1, 0.15) is 5.75 Å². The maximum Gasteiger partial charge on any atom is 0.122 e. The molecule has 1 heterocycles. The van der Waals surface area contributed by atoms with E-state index in [1.807, 2.05) is 36.4 Å². The molecule has 0 spiro atoms. The van der Waals surface area contributed by atoms with Crippen molar-refractivity contribution in [3.63, 3.8) is 0 Å². The van der Waals surface area contributed by atoms with Crippen molar-refractivity contribution in [2.75, 3.05) is 26.7 Å². The number of β-amino-alcohol motifs (C(OH)–C–C–N with tert-alkyl or cyclic N) is 1. The quantitative estimate of drug-likeness (QED) is 0.902. The molecule has 3 nitrogen and oxygen atoms in total. The Morgan fingerprint density at radius 2 is 1.96 bits per heavy atom. The van der Waals surface area contributed by atoms with Crippen LogP contribution in [-0.2, 0) is 0 Å². The molecule has 122 valence electrons. The zero-order valence-corrected chi connectivity index (χ0v) is 14.0. The second-order valence-corrected chi connectivity index (χ2v) is 6.49. The molecule has 1 fully saturated rings. The van der Waals surface area contributed by atoms with E-state index in [0.717, 1.165) is 30.8 Å². The minimum absolute atomic E-state index is 0.462. The summed E-state index contributed by atoms with van der Waals surface area (Å²) in [6.45, 7) is 2.59. The lowest BCUT2D eigenvalue weighted by atomic mass is 9.97. The average molecular weight is 332 g/mol. The number of ether oxygens (including phenoxy) is 1. The van der Waals surface area contributed by atoms with Crippen molar-refractivity contribution in [2.45, 2.75) is 18.4 Å². The van der Waals surface area contributed by atoms with Crippen LogP contribution in [-0.4, -0.2) is 36.8 Å². The van der Waals surface area contributed by atoms with Gasteiger partial charge in [-0.05, 0) is 42.3 Å². The van der Waals surface area contributed by atoms with Crippen LogP contribution in [0.1, 0.15) is 29.6 Å². The normalized spacial score (nSPS) is 19.7. The lowest BCUT2D eigenvalue weighted by Gasteiger charge is -2.21. The molecule has 0 aliphatic carbocycles. The van der Waals surface area contributed by atoms with E-state index in [2.05, 4.69) is 17.0 Å². The first kappa shape index (κ1) is 16.3. The van der Waals surface area contributed by atoms with Crippen molar-refractivity contribution in [1.82, 2.24) is 4.90 Å². The van der Waals surface area contributed by atoms with Crippen LogP contribution in [0.5, 0.6) is 5.75 Å². The molecule has 1 saturated heterocycles. The van der Waals surface area contributed by atoms with Gasteiger partial charge in [0.15, 0.2) is 0 Å². The van der Waals surface area contributed by atoms with Gasteiger partial charge in [-0.15, -0.1) is 0 Å². The minimum Gasteiger partial charge on any atom is -0.496 e. The number of likely N-dealkylation sites (tertiary alicyclic amines) is 1. The van der Waals surface area contributed by atoms with Crippen LogP contribution in [0.4, 0.5) is 0 Å². The summed E-state index contributed by atoms with van der Waals surface area (Å²) >= 11 is 5.90. The van der Waals surface area contributed by atoms with Crippen LogP contribution in [0.25, 0.3) is 0 Å². The molecule has 2 aromatic carbocycles. The molecule has 4 heteroatoms. The molecule has 3 rings (SSSR count). The van der Waals surface area contributed by atoms with Crippen molar-refractivity contribution < 1.29 is 9.84 Å². The maximum absolute atomic E-state index is 10.4. The third-order valence-corrected chi connectivity index (χ3v) is 4.79. The van der Waals surface area contributed by atoms with E-state index < -0.39 is 6.10 Å². The van der Waals surface area contributed by atoms with Crippen LogP contribution in [0.3, 0.4) is 0 Å². The van der Waals surface area contributed by atoms with E-state index in [0.29, 0.717) is 17.5 Å². The number of aliphatic hydroxyl groups is 1. The molecule has 2 aromatic rings. The second kappa shape index (κ2) is 7.35. The molecular weight excluding hydrogens is 310 g/mol. The van der Waals surface area contributed by atoms with Crippen LogP contribution >= 0.6 is 11.6 Å². The third-order valence-electron chi connectivity index (χ3n) is 4.54. The molecule has 0 amide bonds. The van der Waals surface area contributed by atoms with Gasteiger partial charge in [0.2, 0.25) is 0 Å². The van der Waals surface area contributed by atoms with Crippen molar-refractivity contribution in [3.05, 3.63) is 64.7 Å². The van der Waals surface area contributed by atoms with Gasteiger partial charge in [0, 0.05) is 24.0 Å². The van der Waals surface area contributed by atoms with Gasteiger partial charge >= 0.3 is 0 Å². The van der Waals surface area contributed by atoms with E-state index in [1.54, 1.807) is 7.11 Å². The van der Waals surface area contributed by atoms with Crippen molar-refractivity contribution in [2.24, 2.45) is 0 Å². The first-order valence-electron chi connectivity index (χ1n) is 7.96. The van der Waals surface area contributed by atoms with Crippen LogP contribution < -0.4 is 4.74 Å². The highest BCUT2D eigenvalue weighted by molar-refractivity contribution is 6.30. The third kappa shape index (κ3) is 3.86.